The fourth-order valence-electron chi connectivity index (χ4n) is 3.65. The third-order valence-corrected chi connectivity index (χ3v) is 4.76. The van der Waals surface area contributed by atoms with Gasteiger partial charge in [0.2, 0.25) is 0 Å². The average Bonchev–Trinajstić information content (AvgIpc) is 2.86. The van der Waals surface area contributed by atoms with E-state index in [-0.39, 0.29) is 0 Å². The molecule has 0 saturated carbocycles. The summed E-state index contributed by atoms with van der Waals surface area (Å²) in [6.07, 6.45) is 0. The summed E-state index contributed by atoms with van der Waals surface area (Å²) in [5, 5.41) is 0. The normalized spacial score (nSPS) is 11.2. The highest BCUT2D eigenvalue weighted by Crippen LogP contribution is 2.53. The van der Waals surface area contributed by atoms with Gasteiger partial charge in [-0.2, -0.15) is 0 Å². The molecule has 0 spiro atoms. The number of para-hydroxylation sites is 6. The SMILES string of the molecule is CC.CC.c1ccc(N2c3ccccc3N(c3ccccc3)c3ccccc32)cc1. The number of nitrogens with zero attached hydrogens (tertiary/aromatic N) is 2. The first-order valence-corrected chi connectivity index (χ1v) is 10.8. The first kappa shape index (κ1) is 21.2. The van der Waals surface area contributed by atoms with Crippen molar-refractivity contribution in [2.45, 2.75) is 27.7 Å². The summed E-state index contributed by atoms with van der Waals surface area (Å²) < 4.78 is 0. The molecule has 4 aromatic carbocycles. The molecule has 152 valence electrons. The van der Waals surface area contributed by atoms with Gasteiger partial charge in [0.25, 0.3) is 0 Å². The highest BCUT2D eigenvalue weighted by molar-refractivity contribution is 6.01. The summed E-state index contributed by atoms with van der Waals surface area (Å²) in [5.41, 5.74) is 7.06. The lowest BCUT2D eigenvalue weighted by Gasteiger charge is -2.40. The Bertz CT molecular complexity index is 909. The Kier molecular flexibility index (Phi) is 7.29. The maximum absolute atomic E-state index is 2.34. The Morgan fingerprint density at radius 3 is 0.833 bits per heavy atom. The lowest BCUT2D eigenvalue weighted by atomic mass is 10.0. The largest absolute Gasteiger partial charge is 0.306 e. The van der Waals surface area contributed by atoms with Gasteiger partial charge in [-0.15, -0.1) is 0 Å². The first-order chi connectivity index (χ1) is 14.9. The number of rotatable bonds is 2. The lowest BCUT2D eigenvalue weighted by Crippen LogP contribution is -2.23. The molecular weight excluding hydrogens is 364 g/mol. The van der Waals surface area contributed by atoms with E-state index < -0.39 is 0 Å². The van der Waals surface area contributed by atoms with Crippen LogP contribution < -0.4 is 9.80 Å². The lowest BCUT2D eigenvalue weighted by molar-refractivity contribution is 1.17. The molecule has 1 aliphatic rings. The summed E-state index contributed by atoms with van der Waals surface area (Å²) in [6, 6.07) is 38.3. The Labute approximate surface area is 181 Å². The molecule has 0 amide bonds. The smallest absolute Gasteiger partial charge is 0.0703 e. The predicted molar refractivity (Wildman–Crippen MR) is 132 cm³/mol. The van der Waals surface area contributed by atoms with Crippen LogP contribution in [0.1, 0.15) is 27.7 Å². The fraction of sp³-hybridized carbons (Fsp3) is 0.143. The first-order valence-electron chi connectivity index (χ1n) is 10.8. The second-order valence-electron chi connectivity index (χ2n) is 6.32. The van der Waals surface area contributed by atoms with Crippen molar-refractivity contribution in [3.8, 4) is 0 Å². The zero-order valence-electron chi connectivity index (χ0n) is 18.3. The summed E-state index contributed by atoms with van der Waals surface area (Å²) >= 11 is 0. The van der Waals surface area contributed by atoms with E-state index in [2.05, 4.69) is 119 Å². The Balaban J connectivity index is 0.000000606. The van der Waals surface area contributed by atoms with Gasteiger partial charge < -0.3 is 9.80 Å². The van der Waals surface area contributed by atoms with Crippen LogP contribution in [-0.4, -0.2) is 0 Å². The van der Waals surface area contributed by atoms with E-state index in [9.17, 15) is 0 Å². The molecule has 0 atom stereocenters. The second kappa shape index (κ2) is 10.3. The zero-order chi connectivity index (χ0) is 21.3. The molecule has 0 bridgehead atoms. The number of anilines is 6. The van der Waals surface area contributed by atoms with Crippen molar-refractivity contribution < 1.29 is 0 Å². The monoisotopic (exact) mass is 394 g/mol. The van der Waals surface area contributed by atoms with Crippen molar-refractivity contribution in [2.24, 2.45) is 0 Å². The predicted octanol–water partition coefficient (Wildman–Crippen LogP) is 8.99. The van der Waals surface area contributed by atoms with Crippen molar-refractivity contribution in [1.82, 2.24) is 0 Å². The third kappa shape index (κ3) is 3.95. The molecule has 0 fully saturated rings. The van der Waals surface area contributed by atoms with E-state index in [1.54, 1.807) is 0 Å². The molecule has 0 saturated heterocycles. The van der Waals surface area contributed by atoms with Gasteiger partial charge in [0.05, 0.1) is 22.7 Å². The Morgan fingerprint density at radius 2 is 0.567 bits per heavy atom. The molecule has 1 heterocycles. The standard InChI is InChI=1S/C24H18N2.2C2H6/c1-3-11-19(12-4-1)25-21-15-7-9-17-23(21)26(20-13-5-2-6-14-20)24-18-10-8-16-22(24)25;2*1-2/h1-18H;2*1-2H3. The molecule has 0 radical (unpaired) electrons. The number of hydrogen-bond donors (Lipinski definition) is 0. The van der Waals surface area contributed by atoms with Gasteiger partial charge in [0.15, 0.2) is 0 Å². The van der Waals surface area contributed by atoms with Crippen LogP contribution in [0, 0.1) is 0 Å². The minimum Gasteiger partial charge on any atom is -0.306 e. The summed E-state index contributed by atoms with van der Waals surface area (Å²) in [5.74, 6) is 0. The van der Waals surface area contributed by atoms with E-state index in [0.29, 0.717) is 0 Å². The van der Waals surface area contributed by atoms with Gasteiger partial charge >= 0.3 is 0 Å². The molecule has 1 aliphatic heterocycles. The fourth-order valence-corrected chi connectivity index (χ4v) is 3.65. The van der Waals surface area contributed by atoms with E-state index in [1.807, 2.05) is 27.7 Å². The number of fused-ring (bicyclic) bond motifs is 2. The van der Waals surface area contributed by atoms with E-state index in [0.717, 1.165) is 0 Å². The van der Waals surface area contributed by atoms with Crippen molar-refractivity contribution in [3.63, 3.8) is 0 Å². The van der Waals surface area contributed by atoms with Gasteiger partial charge in [0.1, 0.15) is 0 Å². The van der Waals surface area contributed by atoms with Crippen LogP contribution in [0.25, 0.3) is 0 Å². The molecular formula is C28H30N2. The minimum atomic E-state index is 1.17. The second-order valence-corrected chi connectivity index (χ2v) is 6.32. The van der Waals surface area contributed by atoms with Crippen LogP contribution in [0.3, 0.4) is 0 Å². The van der Waals surface area contributed by atoms with Gasteiger partial charge in [-0.1, -0.05) is 88.4 Å². The Morgan fingerprint density at radius 1 is 0.333 bits per heavy atom. The molecule has 5 rings (SSSR count). The van der Waals surface area contributed by atoms with Gasteiger partial charge in [-0.3, -0.25) is 0 Å². The maximum Gasteiger partial charge on any atom is 0.0703 e. The van der Waals surface area contributed by atoms with Crippen molar-refractivity contribution in [3.05, 3.63) is 109 Å². The molecule has 4 aromatic rings. The van der Waals surface area contributed by atoms with Crippen LogP contribution in [-0.2, 0) is 0 Å². The quantitative estimate of drug-likeness (QED) is 0.295. The number of hydrogen-bond acceptors (Lipinski definition) is 2. The van der Waals surface area contributed by atoms with Crippen molar-refractivity contribution in [1.29, 1.82) is 0 Å². The van der Waals surface area contributed by atoms with Crippen molar-refractivity contribution in [2.75, 3.05) is 9.80 Å². The number of benzene rings is 4. The van der Waals surface area contributed by atoms with E-state index in [4.69, 9.17) is 0 Å². The van der Waals surface area contributed by atoms with Crippen LogP contribution in [0.15, 0.2) is 109 Å². The Hall–Kier alpha value is -3.52. The average molecular weight is 395 g/mol. The minimum absolute atomic E-state index is 1.17. The van der Waals surface area contributed by atoms with Crippen LogP contribution >= 0.6 is 0 Å². The maximum atomic E-state index is 2.34. The molecule has 2 heteroatoms. The highest BCUT2D eigenvalue weighted by atomic mass is 15.3. The third-order valence-electron chi connectivity index (χ3n) is 4.76. The van der Waals surface area contributed by atoms with Gasteiger partial charge in [0, 0.05) is 11.4 Å². The summed E-state index contributed by atoms with van der Waals surface area (Å²) in [4.78, 5) is 4.67. The molecule has 0 aromatic heterocycles. The topological polar surface area (TPSA) is 6.48 Å². The van der Waals surface area contributed by atoms with Gasteiger partial charge in [-0.05, 0) is 48.5 Å². The summed E-state index contributed by atoms with van der Waals surface area (Å²) in [7, 11) is 0. The van der Waals surface area contributed by atoms with Crippen molar-refractivity contribution >= 4 is 34.1 Å². The molecule has 0 N–H and O–H groups in total. The summed E-state index contributed by atoms with van der Waals surface area (Å²) in [6.45, 7) is 8.00. The molecule has 0 unspecified atom stereocenters. The highest BCUT2D eigenvalue weighted by Gasteiger charge is 2.29. The van der Waals surface area contributed by atoms with Crippen LogP contribution in [0.5, 0.6) is 0 Å². The van der Waals surface area contributed by atoms with Crippen LogP contribution in [0.2, 0.25) is 0 Å². The zero-order valence-corrected chi connectivity index (χ0v) is 18.3. The molecule has 2 nitrogen and oxygen atoms in total. The van der Waals surface area contributed by atoms with Crippen LogP contribution in [0.4, 0.5) is 34.1 Å². The van der Waals surface area contributed by atoms with E-state index in [1.165, 1.54) is 34.1 Å². The van der Waals surface area contributed by atoms with E-state index >= 15 is 0 Å². The van der Waals surface area contributed by atoms with Gasteiger partial charge in [-0.25, -0.2) is 0 Å². The molecule has 0 aliphatic carbocycles. The molecule has 30 heavy (non-hydrogen) atoms.